The van der Waals surface area contributed by atoms with Crippen LogP contribution in [0.3, 0.4) is 0 Å². The Balaban J connectivity index is 0.724. The van der Waals surface area contributed by atoms with Gasteiger partial charge in [0.15, 0.2) is 0 Å². The van der Waals surface area contributed by atoms with Crippen molar-refractivity contribution < 1.29 is 4.42 Å². The summed E-state index contributed by atoms with van der Waals surface area (Å²) in [7, 11) is 0. The van der Waals surface area contributed by atoms with Gasteiger partial charge < -0.3 is 18.1 Å². The minimum absolute atomic E-state index is 0.539. The molecule has 0 fully saturated rings. The van der Waals surface area contributed by atoms with Gasteiger partial charge in [-0.1, -0.05) is 212 Å². The first-order valence-corrected chi connectivity index (χ1v) is 39.3. The van der Waals surface area contributed by atoms with E-state index in [1.54, 1.807) is 0 Å². The summed E-state index contributed by atoms with van der Waals surface area (Å²) in [5.41, 5.74) is 27.2. The zero-order chi connectivity index (χ0) is 75.1. The monoisotopic (exact) mass is 1460 g/mol. The van der Waals surface area contributed by atoms with E-state index in [1.165, 1.54) is 54.4 Å². The number of hydrogen-bond acceptors (Lipinski definition) is 3. The molecule has 0 unspecified atom stereocenters. The molecule has 115 heavy (non-hydrogen) atoms. The number of benzene rings is 17. The Hall–Kier alpha value is -15.6. The van der Waals surface area contributed by atoms with Crippen molar-refractivity contribution >= 4 is 153 Å². The molecule has 9 heteroatoms. The molecule has 0 amide bonds. The first-order chi connectivity index (χ1) is 57.0. The van der Waals surface area contributed by atoms with Crippen LogP contribution in [0.2, 0.25) is 0 Å². The van der Waals surface area contributed by atoms with Gasteiger partial charge in [-0.05, 0) is 214 Å². The fourth-order valence-corrected chi connectivity index (χ4v) is 19.1. The molecule has 17 aromatic carbocycles. The van der Waals surface area contributed by atoms with Gasteiger partial charge in [0, 0.05) is 98.5 Å². The normalized spacial score (nSPS) is 12.2. The highest BCUT2D eigenvalue weighted by atomic mass is 16.3. The quantitative estimate of drug-likeness (QED) is 0.137. The summed E-state index contributed by atoms with van der Waals surface area (Å²) in [6.07, 6.45) is 0. The van der Waals surface area contributed by atoms with Crippen LogP contribution in [-0.2, 0) is 0 Å². The van der Waals surface area contributed by atoms with Crippen molar-refractivity contribution in [3.8, 4) is 79.2 Å². The van der Waals surface area contributed by atoms with Crippen molar-refractivity contribution in [1.82, 2.24) is 37.4 Å². The molecule has 0 aliphatic heterocycles. The van der Waals surface area contributed by atoms with Gasteiger partial charge in [-0.25, -0.2) is 0 Å². The summed E-state index contributed by atoms with van der Waals surface area (Å²) in [6.45, 7) is 0. The van der Waals surface area contributed by atoms with E-state index in [0.717, 1.165) is 172 Å². The van der Waals surface area contributed by atoms with E-state index in [0.29, 0.717) is 5.95 Å². The van der Waals surface area contributed by atoms with Gasteiger partial charge in [-0.15, -0.1) is 0 Å². The summed E-state index contributed by atoms with van der Waals surface area (Å²) < 4.78 is 20.5. The van der Waals surface area contributed by atoms with Crippen molar-refractivity contribution in [2.75, 3.05) is 0 Å². The molecule has 9 nitrogen and oxygen atoms in total. The number of aromatic nitrogens is 8. The third-order valence-electron chi connectivity index (χ3n) is 24.2. The molecule has 0 spiro atoms. The summed E-state index contributed by atoms with van der Waals surface area (Å²) >= 11 is 0. The van der Waals surface area contributed by atoms with Crippen LogP contribution >= 0.6 is 0 Å². The van der Waals surface area contributed by atoms with Crippen LogP contribution in [0.1, 0.15) is 0 Å². The van der Waals surface area contributed by atoms with Crippen LogP contribution in [0.4, 0.5) is 0 Å². The number of para-hydroxylation sites is 9. The van der Waals surface area contributed by atoms with Gasteiger partial charge in [0.05, 0.1) is 66.2 Å². The lowest BCUT2D eigenvalue weighted by Crippen LogP contribution is -2.10. The average molecular weight is 1470 g/mol. The highest BCUT2D eigenvalue weighted by molar-refractivity contribution is 6.18. The molecule has 0 N–H and O–H groups in total. The Morgan fingerprint density at radius 2 is 0.383 bits per heavy atom. The van der Waals surface area contributed by atoms with Crippen LogP contribution in [0.25, 0.3) is 232 Å². The fourth-order valence-electron chi connectivity index (χ4n) is 19.1. The molecule has 0 saturated carbocycles. The zero-order valence-electron chi connectivity index (χ0n) is 61.9. The van der Waals surface area contributed by atoms with Crippen LogP contribution in [0, 0.1) is 0 Å². The maximum atomic E-state index is 6.35. The highest BCUT2D eigenvalue weighted by Crippen LogP contribution is 2.46. The lowest BCUT2D eigenvalue weighted by atomic mass is 9.98. The van der Waals surface area contributed by atoms with Crippen molar-refractivity contribution in [3.63, 3.8) is 0 Å². The van der Waals surface area contributed by atoms with Gasteiger partial charge in [-0.3, -0.25) is 13.7 Å². The molecular formula is C106H64N8O. The minimum Gasteiger partial charge on any atom is -0.456 e. The minimum atomic E-state index is 0.539. The second kappa shape index (κ2) is 24.5. The Morgan fingerprint density at radius 3 is 0.722 bits per heavy atom. The predicted octanol–water partition coefficient (Wildman–Crippen LogP) is 27.6. The molecule has 0 aliphatic rings. The number of nitrogens with zero attached hydrogens (tertiary/aromatic N) is 8. The molecule has 25 rings (SSSR count). The lowest BCUT2D eigenvalue weighted by molar-refractivity contribution is 0.669. The van der Waals surface area contributed by atoms with E-state index in [4.69, 9.17) is 14.4 Å². The van der Waals surface area contributed by atoms with Crippen molar-refractivity contribution in [1.29, 1.82) is 0 Å². The van der Waals surface area contributed by atoms with Gasteiger partial charge in [0.1, 0.15) is 22.8 Å². The summed E-state index contributed by atoms with van der Waals surface area (Å²) in [4.78, 5) is 11.9. The smallest absolute Gasteiger partial charge is 0.238 e. The number of furan rings is 1. The van der Waals surface area contributed by atoms with Crippen molar-refractivity contribution in [2.24, 2.45) is 0 Å². The Bertz CT molecular complexity index is 8200. The number of hydrogen-bond donors (Lipinski definition) is 0. The van der Waals surface area contributed by atoms with Crippen molar-refractivity contribution in [2.45, 2.75) is 0 Å². The van der Waals surface area contributed by atoms with Gasteiger partial charge in [0.25, 0.3) is 0 Å². The number of rotatable bonds is 10. The van der Waals surface area contributed by atoms with E-state index in [1.807, 2.05) is 12.1 Å². The van der Waals surface area contributed by atoms with Gasteiger partial charge >= 0.3 is 0 Å². The van der Waals surface area contributed by atoms with Crippen LogP contribution < -0.4 is 0 Å². The van der Waals surface area contributed by atoms with E-state index in [-0.39, 0.29) is 0 Å². The van der Waals surface area contributed by atoms with Crippen LogP contribution in [0.5, 0.6) is 0 Å². The number of fused-ring (bicyclic) bond motifs is 21. The molecule has 0 radical (unpaired) electrons. The molecule has 0 atom stereocenters. The van der Waals surface area contributed by atoms with E-state index in [2.05, 4.69) is 404 Å². The van der Waals surface area contributed by atoms with Gasteiger partial charge in [-0.2, -0.15) is 9.97 Å². The van der Waals surface area contributed by atoms with Gasteiger partial charge in [0.2, 0.25) is 5.95 Å². The summed E-state index contributed by atoms with van der Waals surface area (Å²) in [5.74, 6) is 1.99. The van der Waals surface area contributed by atoms with E-state index < -0.39 is 0 Å². The molecule has 0 saturated heterocycles. The summed E-state index contributed by atoms with van der Waals surface area (Å²) in [5, 5.41) is 16.1. The largest absolute Gasteiger partial charge is 0.456 e. The lowest BCUT2D eigenvalue weighted by Gasteiger charge is -2.15. The molecule has 0 aliphatic carbocycles. The maximum Gasteiger partial charge on any atom is 0.238 e. The van der Waals surface area contributed by atoms with E-state index >= 15 is 0 Å². The maximum absolute atomic E-state index is 6.35. The predicted molar refractivity (Wildman–Crippen MR) is 477 cm³/mol. The van der Waals surface area contributed by atoms with Crippen LogP contribution in [0.15, 0.2) is 393 Å². The zero-order valence-corrected chi connectivity index (χ0v) is 61.9. The SMILES string of the molecule is c1ccc(-n2c3ccccc3c3cc(-c4ccc5c(c4)c4ccccc4n5-c4cc(-n5c6ccc(-c7ccc8c(c7)c7ccccc7n8-c7ccccc7)cc6c6cc(-c7ccc8c(c7)c7ccccc7n8-c7ccccc7)ccc65)nc(-n5c6ccccc6c6cc(-c7ccc8oc9ccccc9c8c7)ccc65)n4)ccc32)cc1. The first-order valence-electron chi connectivity index (χ1n) is 39.3. The standard InChI is InChI=1S/C106H64N8O/c1-4-22-73(23-5-1)109-90-34-16-10-28-76(90)82-56-65(40-48-95(82)109)68-43-51-98-85(59-68)79-31-13-19-37-93(79)112(98)104-64-105(108-106(107-104)114-94-38-20-14-32-80(94)86-60-69(46-54-101(86)114)72-47-55-103-89(63-72)81-33-15-21-39-102(81)115-103)113-99-52-44-70(66-41-49-96-83(57-66)77-29-11-17-35-91(77)110(96)74-24-6-2-7-25-74)61-87(99)88-62-71(45-53-100(88)113)67-42-50-97-84(58-67)78-30-12-18-36-92(78)111(97)75-26-8-3-9-27-75/h1-64H. The third-order valence-corrected chi connectivity index (χ3v) is 24.2. The Morgan fingerprint density at radius 1 is 0.157 bits per heavy atom. The van der Waals surface area contributed by atoms with Crippen LogP contribution in [-0.4, -0.2) is 37.4 Å². The first kappa shape index (κ1) is 63.2. The highest BCUT2D eigenvalue weighted by Gasteiger charge is 2.26. The molecule has 0 bridgehead atoms. The second-order valence-corrected chi connectivity index (χ2v) is 30.4. The third kappa shape index (κ3) is 9.50. The average Bonchev–Trinajstić information content (AvgIpc) is 1.64. The molecule has 8 heterocycles. The molecule has 8 aromatic heterocycles. The molecule has 25 aromatic rings. The topological polar surface area (TPSA) is 68.5 Å². The molecule has 534 valence electrons. The van der Waals surface area contributed by atoms with E-state index in [9.17, 15) is 0 Å². The second-order valence-electron chi connectivity index (χ2n) is 30.4. The Kier molecular flexibility index (Phi) is 13.4. The summed E-state index contributed by atoms with van der Waals surface area (Å²) in [6, 6.07) is 142. The molecular weight excluding hydrogens is 1400 g/mol. The Labute approximate surface area is 657 Å². The fraction of sp³-hybridized carbons (Fsp3) is 0. The van der Waals surface area contributed by atoms with Crippen molar-refractivity contribution in [3.05, 3.63) is 388 Å².